The quantitative estimate of drug-likeness (QED) is 0.688. The van der Waals surface area contributed by atoms with Crippen molar-refractivity contribution in [2.24, 2.45) is 0 Å². The number of cyclic esters (lactones) is 1. The molecule has 0 saturated carbocycles. The molecule has 0 unspecified atom stereocenters. The highest BCUT2D eigenvalue weighted by Crippen LogP contribution is 2.27. The molecule has 2 heterocycles. The van der Waals surface area contributed by atoms with Crippen LogP contribution in [0.2, 0.25) is 0 Å². The van der Waals surface area contributed by atoms with Crippen LogP contribution < -0.4 is 10.1 Å². The second-order valence-corrected chi connectivity index (χ2v) is 5.95. The number of hydrogen-bond acceptors (Lipinski definition) is 6. The van der Waals surface area contributed by atoms with Crippen LogP contribution in [0.15, 0.2) is 48.5 Å². The van der Waals surface area contributed by atoms with E-state index in [1.807, 2.05) is 30.3 Å². The second-order valence-electron chi connectivity index (χ2n) is 5.95. The van der Waals surface area contributed by atoms with Gasteiger partial charge in [0.1, 0.15) is 5.75 Å². The zero-order chi connectivity index (χ0) is 18.8. The first-order chi connectivity index (χ1) is 13.2. The highest BCUT2D eigenvalue weighted by atomic mass is 16.5. The van der Waals surface area contributed by atoms with E-state index in [1.165, 1.54) is 0 Å². The number of fused-ring (bicyclic) bond motifs is 1. The van der Waals surface area contributed by atoms with E-state index in [2.05, 4.69) is 20.5 Å². The van der Waals surface area contributed by atoms with Crippen LogP contribution in [0.25, 0.3) is 11.4 Å². The SMILES string of the molecule is COc1ccccc1-c1nc(NC(=O)[C@H]2Cc3ccccc3C(=O)O2)n[nH]1. The fourth-order valence-electron chi connectivity index (χ4n) is 2.95. The van der Waals surface area contributed by atoms with Crippen LogP contribution in [-0.4, -0.2) is 40.3 Å². The predicted octanol–water partition coefficient (Wildman–Crippen LogP) is 2.20. The standard InChI is InChI=1S/C19H16N4O4/c1-26-14-9-5-4-8-13(14)16-20-19(23-22-16)21-17(24)15-10-11-6-2-3-7-12(11)18(25)27-15/h2-9,15H,10H2,1H3,(H2,20,21,22,23,24)/t15-/m1/s1. The van der Waals surface area contributed by atoms with E-state index in [0.717, 1.165) is 5.56 Å². The van der Waals surface area contributed by atoms with Crippen molar-refractivity contribution in [2.75, 3.05) is 12.4 Å². The zero-order valence-electron chi connectivity index (χ0n) is 14.4. The largest absolute Gasteiger partial charge is 0.496 e. The minimum atomic E-state index is -0.930. The molecular formula is C19H16N4O4. The Kier molecular flexibility index (Phi) is 4.29. The Bertz CT molecular complexity index is 1010. The summed E-state index contributed by atoms with van der Waals surface area (Å²) in [6.45, 7) is 0. The van der Waals surface area contributed by atoms with Gasteiger partial charge in [0.2, 0.25) is 5.95 Å². The van der Waals surface area contributed by atoms with Gasteiger partial charge >= 0.3 is 5.97 Å². The van der Waals surface area contributed by atoms with Crippen LogP contribution in [0.4, 0.5) is 5.95 Å². The van der Waals surface area contributed by atoms with E-state index >= 15 is 0 Å². The minimum Gasteiger partial charge on any atom is -0.496 e. The van der Waals surface area contributed by atoms with E-state index in [4.69, 9.17) is 9.47 Å². The van der Waals surface area contributed by atoms with Gasteiger partial charge in [0, 0.05) is 6.42 Å². The number of aromatic nitrogens is 3. The van der Waals surface area contributed by atoms with Gasteiger partial charge in [0.05, 0.1) is 18.2 Å². The third-order valence-corrected chi connectivity index (χ3v) is 4.27. The number of hydrogen-bond donors (Lipinski definition) is 2. The molecule has 1 aromatic heterocycles. The Morgan fingerprint density at radius 1 is 1.19 bits per heavy atom. The molecular weight excluding hydrogens is 348 g/mol. The van der Waals surface area contributed by atoms with Crippen molar-refractivity contribution in [1.29, 1.82) is 0 Å². The van der Waals surface area contributed by atoms with Gasteiger partial charge in [-0.05, 0) is 23.8 Å². The summed E-state index contributed by atoms with van der Waals surface area (Å²) < 4.78 is 10.5. The molecule has 3 aromatic rings. The summed E-state index contributed by atoms with van der Waals surface area (Å²) in [6, 6.07) is 14.4. The number of nitrogens with zero attached hydrogens (tertiary/aromatic N) is 2. The van der Waals surface area contributed by atoms with Crippen LogP contribution in [0.1, 0.15) is 15.9 Å². The number of benzene rings is 2. The molecule has 1 amide bonds. The van der Waals surface area contributed by atoms with Crippen molar-refractivity contribution >= 4 is 17.8 Å². The number of anilines is 1. The van der Waals surface area contributed by atoms with Crippen molar-refractivity contribution in [3.63, 3.8) is 0 Å². The number of rotatable bonds is 4. The van der Waals surface area contributed by atoms with Gasteiger partial charge in [0.25, 0.3) is 5.91 Å². The summed E-state index contributed by atoms with van der Waals surface area (Å²) in [4.78, 5) is 28.8. The number of carbonyl (C=O) groups is 2. The molecule has 0 saturated heterocycles. The topological polar surface area (TPSA) is 106 Å². The fraction of sp³-hybridized carbons (Fsp3) is 0.158. The number of esters is 1. The average molecular weight is 364 g/mol. The van der Waals surface area contributed by atoms with Gasteiger partial charge in [-0.15, -0.1) is 5.10 Å². The minimum absolute atomic E-state index is 0.0933. The molecule has 1 atom stereocenters. The maximum Gasteiger partial charge on any atom is 0.339 e. The van der Waals surface area contributed by atoms with E-state index in [9.17, 15) is 9.59 Å². The number of aromatic amines is 1. The molecule has 8 nitrogen and oxygen atoms in total. The zero-order valence-corrected chi connectivity index (χ0v) is 14.4. The number of nitrogens with one attached hydrogen (secondary N) is 2. The summed E-state index contributed by atoms with van der Waals surface area (Å²) in [5.74, 6) is 0.180. The van der Waals surface area contributed by atoms with Crippen LogP contribution in [-0.2, 0) is 16.0 Å². The lowest BCUT2D eigenvalue weighted by Crippen LogP contribution is -2.38. The molecule has 136 valence electrons. The number of carbonyl (C=O) groups excluding carboxylic acids is 2. The van der Waals surface area contributed by atoms with Gasteiger partial charge in [0.15, 0.2) is 11.9 Å². The van der Waals surface area contributed by atoms with Crippen LogP contribution in [0.3, 0.4) is 0 Å². The molecule has 0 aliphatic carbocycles. The normalized spacial score (nSPS) is 15.6. The van der Waals surface area contributed by atoms with Gasteiger partial charge in [-0.3, -0.25) is 15.2 Å². The van der Waals surface area contributed by atoms with E-state index < -0.39 is 18.0 Å². The first-order valence-corrected chi connectivity index (χ1v) is 8.31. The van der Waals surface area contributed by atoms with Crippen molar-refractivity contribution in [3.05, 3.63) is 59.7 Å². The van der Waals surface area contributed by atoms with E-state index in [-0.39, 0.29) is 5.95 Å². The average Bonchev–Trinajstić information content (AvgIpc) is 3.16. The fourth-order valence-corrected chi connectivity index (χ4v) is 2.95. The Labute approximate surface area is 154 Å². The summed E-state index contributed by atoms with van der Waals surface area (Å²) in [5.41, 5.74) is 1.97. The molecule has 8 heteroatoms. The Balaban J connectivity index is 1.50. The Morgan fingerprint density at radius 3 is 2.74 bits per heavy atom. The highest BCUT2D eigenvalue weighted by molar-refractivity contribution is 5.99. The highest BCUT2D eigenvalue weighted by Gasteiger charge is 2.31. The number of para-hydroxylation sites is 1. The van der Waals surface area contributed by atoms with Crippen molar-refractivity contribution in [2.45, 2.75) is 12.5 Å². The summed E-state index contributed by atoms with van der Waals surface area (Å²) in [5, 5.41) is 9.35. The van der Waals surface area contributed by atoms with Gasteiger partial charge in [-0.2, -0.15) is 4.98 Å². The lowest BCUT2D eigenvalue weighted by Gasteiger charge is -2.23. The first kappa shape index (κ1) is 16.8. The monoisotopic (exact) mass is 364 g/mol. The molecule has 2 N–H and O–H groups in total. The Hall–Kier alpha value is -3.68. The number of ether oxygens (including phenoxy) is 2. The third-order valence-electron chi connectivity index (χ3n) is 4.27. The second kappa shape index (κ2) is 6.91. The number of H-pyrrole nitrogens is 1. The molecule has 0 radical (unpaired) electrons. The summed E-state index contributed by atoms with van der Waals surface area (Å²) >= 11 is 0. The first-order valence-electron chi connectivity index (χ1n) is 8.31. The molecule has 0 bridgehead atoms. The van der Waals surface area contributed by atoms with Crippen molar-refractivity contribution in [3.8, 4) is 17.1 Å². The molecule has 1 aliphatic rings. The molecule has 27 heavy (non-hydrogen) atoms. The van der Waals surface area contributed by atoms with E-state index in [0.29, 0.717) is 29.1 Å². The number of amides is 1. The molecule has 0 fully saturated rings. The van der Waals surface area contributed by atoms with Crippen LogP contribution in [0, 0.1) is 0 Å². The van der Waals surface area contributed by atoms with Gasteiger partial charge in [-0.1, -0.05) is 30.3 Å². The summed E-state index contributed by atoms with van der Waals surface area (Å²) in [7, 11) is 1.56. The smallest absolute Gasteiger partial charge is 0.339 e. The lowest BCUT2D eigenvalue weighted by molar-refractivity contribution is -0.125. The molecule has 1 aliphatic heterocycles. The van der Waals surface area contributed by atoms with Gasteiger partial charge < -0.3 is 9.47 Å². The third kappa shape index (κ3) is 3.24. The molecule has 0 spiro atoms. The summed E-state index contributed by atoms with van der Waals surface area (Å²) in [6.07, 6.45) is -0.627. The van der Waals surface area contributed by atoms with Crippen molar-refractivity contribution < 1.29 is 19.1 Å². The van der Waals surface area contributed by atoms with Gasteiger partial charge in [-0.25, -0.2) is 4.79 Å². The Morgan fingerprint density at radius 2 is 1.93 bits per heavy atom. The van der Waals surface area contributed by atoms with Crippen LogP contribution >= 0.6 is 0 Å². The van der Waals surface area contributed by atoms with E-state index in [1.54, 1.807) is 25.3 Å². The lowest BCUT2D eigenvalue weighted by atomic mass is 9.98. The predicted molar refractivity (Wildman–Crippen MR) is 96.3 cm³/mol. The molecule has 4 rings (SSSR count). The maximum atomic E-state index is 12.5. The maximum absolute atomic E-state index is 12.5. The number of methoxy groups -OCH3 is 1. The van der Waals surface area contributed by atoms with Crippen LogP contribution in [0.5, 0.6) is 5.75 Å². The van der Waals surface area contributed by atoms with Crippen molar-refractivity contribution in [1.82, 2.24) is 15.2 Å². The molecule has 2 aromatic carbocycles.